The van der Waals surface area contributed by atoms with Gasteiger partial charge in [-0.05, 0) is 48.4 Å². The largest absolute Gasteiger partial charge is 0.465 e. The van der Waals surface area contributed by atoms with Crippen LogP contribution in [-0.4, -0.2) is 33.9 Å². The Hall–Kier alpha value is -2.87. The number of fused-ring (bicyclic) bond motifs is 1. The van der Waals surface area contributed by atoms with Crippen molar-refractivity contribution in [3.05, 3.63) is 53.6 Å². The summed E-state index contributed by atoms with van der Waals surface area (Å²) in [7, 11) is -2.63. The van der Waals surface area contributed by atoms with E-state index in [2.05, 4.69) is 9.46 Å². The van der Waals surface area contributed by atoms with Crippen molar-refractivity contribution in [1.82, 2.24) is 0 Å². The van der Waals surface area contributed by atoms with Gasteiger partial charge in [0.05, 0.1) is 17.6 Å². The number of ether oxygens (including phenoxy) is 1. The summed E-state index contributed by atoms with van der Waals surface area (Å²) in [5.41, 5.74) is 2.26. The summed E-state index contributed by atoms with van der Waals surface area (Å²) >= 11 is 0. The number of sulfonamides is 1. The zero-order valence-electron chi connectivity index (χ0n) is 14.4. The summed E-state index contributed by atoms with van der Waals surface area (Å²) in [6, 6.07) is 10.7. The number of amides is 1. The fourth-order valence-corrected chi connectivity index (χ4v) is 4.01. The second kappa shape index (κ2) is 6.80. The highest BCUT2D eigenvalue weighted by molar-refractivity contribution is 7.92. The van der Waals surface area contributed by atoms with Gasteiger partial charge in [-0.1, -0.05) is 6.07 Å². The molecular formula is C18H18N2O5S. The fraction of sp³-hybridized carbons (Fsp3) is 0.222. The number of benzene rings is 2. The number of methoxy groups -OCH3 is 1. The van der Waals surface area contributed by atoms with Crippen LogP contribution in [-0.2, 0) is 26.0 Å². The van der Waals surface area contributed by atoms with Crippen LogP contribution >= 0.6 is 0 Å². The summed E-state index contributed by atoms with van der Waals surface area (Å²) < 4.78 is 32.3. The molecule has 3 rings (SSSR count). The van der Waals surface area contributed by atoms with E-state index in [-0.39, 0.29) is 16.4 Å². The van der Waals surface area contributed by atoms with Gasteiger partial charge in [-0.15, -0.1) is 0 Å². The molecule has 0 saturated heterocycles. The molecule has 0 unspecified atom stereocenters. The molecule has 0 bridgehead atoms. The predicted molar refractivity (Wildman–Crippen MR) is 96.8 cm³/mol. The van der Waals surface area contributed by atoms with Gasteiger partial charge >= 0.3 is 5.97 Å². The van der Waals surface area contributed by atoms with Crippen molar-refractivity contribution in [2.45, 2.75) is 18.2 Å². The van der Waals surface area contributed by atoms with Gasteiger partial charge in [-0.3, -0.25) is 9.52 Å². The zero-order valence-corrected chi connectivity index (χ0v) is 15.2. The molecule has 8 heteroatoms. The second-order valence-electron chi connectivity index (χ2n) is 5.89. The lowest BCUT2D eigenvalue weighted by atomic mass is 10.1. The smallest absolute Gasteiger partial charge is 0.337 e. The minimum atomic E-state index is -3.86. The van der Waals surface area contributed by atoms with Crippen LogP contribution in [0.4, 0.5) is 11.4 Å². The zero-order chi connectivity index (χ0) is 18.9. The van der Waals surface area contributed by atoms with E-state index >= 15 is 0 Å². The molecule has 0 atom stereocenters. The third kappa shape index (κ3) is 3.41. The van der Waals surface area contributed by atoms with Gasteiger partial charge in [0.1, 0.15) is 0 Å². The molecule has 1 heterocycles. The molecular weight excluding hydrogens is 356 g/mol. The Balaban J connectivity index is 1.87. The first-order chi connectivity index (χ1) is 12.3. The third-order valence-corrected chi connectivity index (χ3v) is 5.55. The number of nitrogens with zero attached hydrogens (tertiary/aromatic N) is 1. The van der Waals surface area contributed by atoms with Crippen molar-refractivity contribution in [3.63, 3.8) is 0 Å². The van der Waals surface area contributed by atoms with E-state index in [1.54, 1.807) is 23.1 Å². The highest BCUT2D eigenvalue weighted by Crippen LogP contribution is 2.31. The Morgan fingerprint density at radius 3 is 2.62 bits per heavy atom. The Labute approximate surface area is 151 Å². The van der Waals surface area contributed by atoms with E-state index in [1.165, 1.54) is 38.3 Å². The highest BCUT2D eigenvalue weighted by Gasteiger charge is 2.23. The highest BCUT2D eigenvalue weighted by atomic mass is 32.2. The van der Waals surface area contributed by atoms with Crippen LogP contribution in [0, 0.1) is 0 Å². The molecule has 2 aromatic carbocycles. The first-order valence-electron chi connectivity index (χ1n) is 7.94. The average molecular weight is 374 g/mol. The molecule has 2 aromatic rings. The maximum atomic E-state index is 12.6. The van der Waals surface area contributed by atoms with Gasteiger partial charge in [0.2, 0.25) is 5.91 Å². The Morgan fingerprint density at radius 1 is 1.15 bits per heavy atom. The molecule has 1 amide bonds. The fourth-order valence-electron chi connectivity index (χ4n) is 2.91. The number of esters is 1. The van der Waals surface area contributed by atoms with Crippen molar-refractivity contribution in [3.8, 4) is 0 Å². The molecule has 0 aromatic heterocycles. The van der Waals surface area contributed by atoms with E-state index in [0.717, 1.165) is 11.3 Å². The number of rotatable bonds is 4. The summed E-state index contributed by atoms with van der Waals surface area (Å²) in [4.78, 5) is 24.8. The predicted octanol–water partition coefficient (Wildman–Crippen LogP) is 2.18. The van der Waals surface area contributed by atoms with Crippen LogP contribution in [0.2, 0.25) is 0 Å². The van der Waals surface area contributed by atoms with Gasteiger partial charge in [0.25, 0.3) is 10.0 Å². The summed E-state index contributed by atoms with van der Waals surface area (Å²) in [5.74, 6) is -0.652. The van der Waals surface area contributed by atoms with Crippen LogP contribution in [0.1, 0.15) is 22.8 Å². The van der Waals surface area contributed by atoms with E-state index in [1.807, 2.05) is 0 Å². The van der Waals surface area contributed by atoms with Crippen LogP contribution in [0.15, 0.2) is 47.4 Å². The van der Waals surface area contributed by atoms with E-state index < -0.39 is 16.0 Å². The molecule has 0 radical (unpaired) electrons. The number of hydrogen-bond acceptors (Lipinski definition) is 5. The molecule has 1 aliphatic heterocycles. The van der Waals surface area contributed by atoms with Gasteiger partial charge in [0, 0.05) is 24.8 Å². The minimum Gasteiger partial charge on any atom is -0.465 e. The lowest BCUT2D eigenvalue weighted by Crippen LogP contribution is -2.25. The summed E-state index contributed by atoms with van der Waals surface area (Å²) in [6.07, 6.45) is 0.669. The van der Waals surface area contributed by atoms with Gasteiger partial charge in [0.15, 0.2) is 0 Å². The van der Waals surface area contributed by atoms with Crippen molar-refractivity contribution >= 4 is 33.3 Å². The number of nitrogens with one attached hydrogen (secondary N) is 1. The standard InChI is InChI=1S/C18H18N2O5S/c1-12(21)20-9-8-13-10-15(6-7-17(13)20)19-26(23,24)16-5-3-4-14(11-16)18(22)25-2/h3-7,10-11,19H,8-9H2,1-2H3. The van der Waals surface area contributed by atoms with Crippen molar-refractivity contribution in [2.24, 2.45) is 0 Å². The van der Waals surface area contributed by atoms with Crippen molar-refractivity contribution < 1.29 is 22.7 Å². The first kappa shape index (κ1) is 17.9. The lowest BCUT2D eigenvalue weighted by molar-refractivity contribution is -0.116. The SMILES string of the molecule is COC(=O)c1cccc(S(=O)(=O)Nc2ccc3c(c2)CCN3C(C)=O)c1. The van der Waals surface area contributed by atoms with Gasteiger partial charge in [-0.25, -0.2) is 13.2 Å². The molecule has 0 fully saturated rings. The quantitative estimate of drug-likeness (QED) is 0.828. The molecule has 0 aliphatic carbocycles. The number of carbonyl (C=O) groups is 2. The van der Waals surface area contributed by atoms with Gasteiger partial charge < -0.3 is 9.64 Å². The van der Waals surface area contributed by atoms with Gasteiger partial charge in [-0.2, -0.15) is 0 Å². The Morgan fingerprint density at radius 2 is 1.92 bits per heavy atom. The second-order valence-corrected chi connectivity index (χ2v) is 7.57. The molecule has 0 saturated carbocycles. The average Bonchev–Trinajstić information content (AvgIpc) is 3.04. The number of hydrogen-bond donors (Lipinski definition) is 1. The number of carbonyl (C=O) groups excluding carboxylic acids is 2. The van der Waals surface area contributed by atoms with E-state index in [0.29, 0.717) is 18.7 Å². The third-order valence-electron chi connectivity index (χ3n) is 4.17. The molecule has 136 valence electrons. The Bertz CT molecular complexity index is 985. The topological polar surface area (TPSA) is 92.8 Å². The van der Waals surface area contributed by atoms with Crippen LogP contribution < -0.4 is 9.62 Å². The maximum absolute atomic E-state index is 12.6. The van der Waals surface area contributed by atoms with Crippen LogP contribution in [0.5, 0.6) is 0 Å². The molecule has 1 aliphatic rings. The minimum absolute atomic E-state index is 0.0359. The Kier molecular flexibility index (Phi) is 4.69. The number of anilines is 2. The van der Waals surface area contributed by atoms with E-state index in [4.69, 9.17) is 0 Å². The normalized spacial score (nSPS) is 13.2. The monoisotopic (exact) mass is 374 g/mol. The van der Waals surface area contributed by atoms with E-state index in [9.17, 15) is 18.0 Å². The first-order valence-corrected chi connectivity index (χ1v) is 9.42. The maximum Gasteiger partial charge on any atom is 0.337 e. The summed E-state index contributed by atoms with van der Waals surface area (Å²) in [5, 5.41) is 0. The molecule has 7 nitrogen and oxygen atoms in total. The summed E-state index contributed by atoms with van der Waals surface area (Å²) in [6.45, 7) is 2.09. The lowest BCUT2D eigenvalue weighted by Gasteiger charge is -2.15. The molecule has 0 spiro atoms. The van der Waals surface area contributed by atoms with Crippen molar-refractivity contribution in [2.75, 3.05) is 23.3 Å². The molecule has 26 heavy (non-hydrogen) atoms. The van der Waals surface area contributed by atoms with Crippen LogP contribution in [0.3, 0.4) is 0 Å². The molecule has 1 N–H and O–H groups in total. The van der Waals surface area contributed by atoms with Crippen LogP contribution in [0.25, 0.3) is 0 Å². The van der Waals surface area contributed by atoms with Crippen molar-refractivity contribution in [1.29, 1.82) is 0 Å².